The van der Waals surface area contributed by atoms with Crippen molar-refractivity contribution in [2.45, 2.75) is 25.6 Å². The molecule has 0 fully saturated rings. The zero-order valence-electron chi connectivity index (χ0n) is 8.92. The van der Waals surface area contributed by atoms with Gasteiger partial charge in [-0.05, 0) is 24.6 Å². The monoisotopic (exact) mass is 233 g/mol. The quantitative estimate of drug-likeness (QED) is 0.867. The molecule has 2 nitrogen and oxygen atoms in total. The Kier molecular flexibility index (Phi) is 4.18. The van der Waals surface area contributed by atoms with Gasteiger partial charge >= 0.3 is 6.18 Å². The first-order chi connectivity index (χ1) is 7.38. The highest BCUT2D eigenvalue weighted by Gasteiger charge is 2.26. The van der Waals surface area contributed by atoms with Crippen LogP contribution in [0.2, 0.25) is 0 Å². The normalized spacial score (nSPS) is 13.6. The molecule has 0 aliphatic rings. The molecule has 1 unspecified atom stereocenters. The van der Waals surface area contributed by atoms with Crippen LogP contribution in [0.15, 0.2) is 24.3 Å². The SMILES string of the molecule is CC(N)c1ccc(OCCC(F)(F)F)cc1. The highest BCUT2D eigenvalue weighted by Crippen LogP contribution is 2.21. The summed E-state index contributed by atoms with van der Waals surface area (Å²) in [5, 5.41) is 0. The average Bonchev–Trinajstić information content (AvgIpc) is 2.16. The molecule has 1 aromatic carbocycles. The summed E-state index contributed by atoms with van der Waals surface area (Å²) in [7, 11) is 0. The van der Waals surface area contributed by atoms with Crippen LogP contribution in [0.1, 0.15) is 24.9 Å². The van der Waals surface area contributed by atoms with Crippen molar-refractivity contribution in [3.63, 3.8) is 0 Å². The summed E-state index contributed by atoms with van der Waals surface area (Å²) >= 11 is 0. The van der Waals surface area contributed by atoms with E-state index in [0.29, 0.717) is 5.75 Å². The lowest BCUT2D eigenvalue weighted by molar-refractivity contribution is -0.139. The predicted molar refractivity (Wildman–Crippen MR) is 55.2 cm³/mol. The molecule has 0 amide bonds. The highest BCUT2D eigenvalue weighted by atomic mass is 19.4. The van der Waals surface area contributed by atoms with Gasteiger partial charge in [-0.2, -0.15) is 13.2 Å². The maximum absolute atomic E-state index is 11.8. The van der Waals surface area contributed by atoms with Crippen LogP contribution in [-0.2, 0) is 0 Å². The Bertz CT molecular complexity index is 319. The highest BCUT2D eigenvalue weighted by molar-refractivity contribution is 5.28. The molecule has 0 heterocycles. The number of rotatable bonds is 4. The average molecular weight is 233 g/mol. The fourth-order valence-electron chi connectivity index (χ4n) is 1.15. The van der Waals surface area contributed by atoms with Crippen LogP contribution in [0.4, 0.5) is 13.2 Å². The smallest absolute Gasteiger partial charge is 0.392 e. The van der Waals surface area contributed by atoms with Gasteiger partial charge in [-0.25, -0.2) is 0 Å². The summed E-state index contributed by atoms with van der Waals surface area (Å²) < 4.78 is 40.5. The molecule has 1 aromatic rings. The van der Waals surface area contributed by atoms with Crippen LogP contribution < -0.4 is 10.5 Å². The van der Waals surface area contributed by atoms with Crippen LogP contribution in [-0.4, -0.2) is 12.8 Å². The van der Waals surface area contributed by atoms with Gasteiger partial charge < -0.3 is 10.5 Å². The second-order valence-electron chi connectivity index (χ2n) is 3.57. The third kappa shape index (κ3) is 4.53. The molecule has 2 N–H and O–H groups in total. The summed E-state index contributed by atoms with van der Waals surface area (Å²) in [6, 6.07) is 6.63. The first kappa shape index (κ1) is 12.8. The largest absolute Gasteiger partial charge is 0.493 e. The molecule has 1 rings (SSSR count). The Labute approximate surface area is 92.2 Å². The fourth-order valence-corrected chi connectivity index (χ4v) is 1.15. The molecule has 0 aliphatic carbocycles. The summed E-state index contributed by atoms with van der Waals surface area (Å²) in [6.07, 6.45) is -5.12. The molecule has 0 saturated heterocycles. The second kappa shape index (κ2) is 5.21. The third-order valence-corrected chi connectivity index (χ3v) is 2.06. The lowest BCUT2D eigenvalue weighted by Crippen LogP contribution is -2.13. The van der Waals surface area contributed by atoms with E-state index < -0.39 is 12.6 Å². The Morgan fingerprint density at radius 2 is 1.81 bits per heavy atom. The molecule has 0 aromatic heterocycles. The predicted octanol–water partition coefficient (Wildman–Crippen LogP) is 3.04. The van der Waals surface area contributed by atoms with Gasteiger partial charge in [0.15, 0.2) is 0 Å². The first-order valence-corrected chi connectivity index (χ1v) is 4.93. The summed E-state index contributed by atoms with van der Waals surface area (Å²) in [5.41, 5.74) is 6.55. The van der Waals surface area contributed by atoms with E-state index >= 15 is 0 Å². The van der Waals surface area contributed by atoms with Gasteiger partial charge in [0.1, 0.15) is 5.75 Å². The van der Waals surface area contributed by atoms with Gasteiger partial charge in [0.2, 0.25) is 0 Å². The van der Waals surface area contributed by atoms with Crippen molar-refractivity contribution in [2.24, 2.45) is 5.73 Å². The van der Waals surface area contributed by atoms with Crippen molar-refractivity contribution in [1.82, 2.24) is 0 Å². The fraction of sp³-hybridized carbons (Fsp3) is 0.455. The molecule has 5 heteroatoms. The number of halogens is 3. The lowest BCUT2D eigenvalue weighted by atomic mass is 10.1. The molecular weight excluding hydrogens is 219 g/mol. The van der Waals surface area contributed by atoms with E-state index in [1.165, 1.54) is 0 Å². The minimum absolute atomic E-state index is 0.0933. The van der Waals surface area contributed by atoms with Crippen molar-refractivity contribution in [3.05, 3.63) is 29.8 Å². The molecular formula is C11H14F3NO. The van der Waals surface area contributed by atoms with Crippen LogP contribution in [0.3, 0.4) is 0 Å². The minimum Gasteiger partial charge on any atom is -0.493 e. The van der Waals surface area contributed by atoms with Crippen molar-refractivity contribution in [2.75, 3.05) is 6.61 Å². The zero-order chi connectivity index (χ0) is 12.2. The van der Waals surface area contributed by atoms with E-state index in [4.69, 9.17) is 10.5 Å². The van der Waals surface area contributed by atoms with Crippen LogP contribution in [0.5, 0.6) is 5.75 Å². The van der Waals surface area contributed by atoms with E-state index in [2.05, 4.69) is 0 Å². The Morgan fingerprint density at radius 1 is 1.25 bits per heavy atom. The summed E-state index contributed by atoms with van der Waals surface area (Å²) in [5.74, 6) is 0.425. The van der Waals surface area contributed by atoms with E-state index in [9.17, 15) is 13.2 Å². The summed E-state index contributed by atoms with van der Waals surface area (Å²) in [4.78, 5) is 0. The van der Waals surface area contributed by atoms with Gasteiger partial charge in [0.25, 0.3) is 0 Å². The van der Waals surface area contributed by atoms with Crippen LogP contribution in [0.25, 0.3) is 0 Å². The Hall–Kier alpha value is -1.23. The Morgan fingerprint density at radius 3 is 2.25 bits per heavy atom. The summed E-state index contributed by atoms with van der Waals surface area (Å²) in [6.45, 7) is 1.47. The number of nitrogens with two attached hydrogens (primary N) is 1. The second-order valence-corrected chi connectivity index (χ2v) is 3.57. The number of hydrogen-bond acceptors (Lipinski definition) is 2. The van der Waals surface area contributed by atoms with Gasteiger partial charge in [-0.15, -0.1) is 0 Å². The minimum atomic E-state index is -4.17. The van der Waals surface area contributed by atoms with Crippen molar-refractivity contribution in [1.29, 1.82) is 0 Å². The van der Waals surface area contributed by atoms with Crippen molar-refractivity contribution < 1.29 is 17.9 Å². The molecule has 16 heavy (non-hydrogen) atoms. The van der Waals surface area contributed by atoms with E-state index in [1.807, 2.05) is 6.92 Å². The number of hydrogen-bond donors (Lipinski definition) is 1. The van der Waals surface area contributed by atoms with E-state index in [-0.39, 0.29) is 12.6 Å². The molecule has 0 aliphatic heterocycles. The number of ether oxygens (including phenoxy) is 1. The maximum Gasteiger partial charge on any atom is 0.392 e. The first-order valence-electron chi connectivity index (χ1n) is 4.93. The number of alkyl halides is 3. The van der Waals surface area contributed by atoms with Crippen molar-refractivity contribution >= 4 is 0 Å². The molecule has 0 radical (unpaired) electrons. The molecule has 0 bridgehead atoms. The van der Waals surface area contributed by atoms with Gasteiger partial charge in [-0.3, -0.25) is 0 Å². The van der Waals surface area contributed by atoms with Crippen LogP contribution in [0, 0.1) is 0 Å². The topological polar surface area (TPSA) is 35.2 Å². The Balaban J connectivity index is 2.44. The standard InChI is InChI=1S/C11H14F3NO/c1-8(15)9-2-4-10(5-3-9)16-7-6-11(12,13)14/h2-5,8H,6-7,15H2,1H3. The van der Waals surface area contributed by atoms with Gasteiger partial charge in [-0.1, -0.05) is 12.1 Å². The third-order valence-electron chi connectivity index (χ3n) is 2.06. The van der Waals surface area contributed by atoms with Crippen molar-refractivity contribution in [3.8, 4) is 5.75 Å². The van der Waals surface area contributed by atoms with Gasteiger partial charge in [0.05, 0.1) is 13.0 Å². The molecule has 90 valence electrons. The molecule has 0 spiro atoms. The van der Waals surface area contributed by atoms with E-state index in [1.54, 1.807) is 24.3 Å². The van der Waals surface area contributed by atoms with Gasteiger partial charge in [0, 0.05) is 6.04 Å². The maximum atomic E-state index is 11.8. The molecule has 0 saturated carbocycles. The van der Waals surface area contributed by atoms with E-state index in [0.717, 1.165) is 5.56 Å². The van der Waals surface area contributed by atoms with Crippen LogP contribution >= 0.6 is 0 Å². The number of benzene rings is 1. The zero-order valence-corrected chi connectivity index (χ0v) is 8.92. The molecule has 1 atom stereocenters. The lowest BCUT2D eigenvalue weighted by Gasteiger charge is -2.10.